The molecule has 0 aliphatic carbocycles. The molecule has 0 unspecified atom stereocenters. The van der Waals surface area contributed by atoms with Gasteiger partial charge in [-0.1, -0.05) is 29.5 Å². The zero-order valence-corrected chi connectivity index (χ0v) is 9.94. The van der Waals surface area contributed by atoms with Crippen molar-refractivity contribution in [1.82, 2.24) is 10.2 Å². The number of aromatic amines is 1. The maximum Gasteiger partial charge on any atom is 0.211 e. The molecule has 0 amide bonds. The largest absolute Gasteiger partial charge is 0.317 e. The summed E-state index contributed by atoms with van der Waals surface area (Å²) in [6.45, 7) is 2.97. The van der Waals surface area contributed by atoms with Crippen molar-refractivity contribution >= 4 is 34.4 Å². The first kappa shape index (κ1) is 10.3. The van der Waals surface area contributed by atoms with Crippen LogP contribution in [0.25, 0.3) is 0 Å². The van der Waals surface area contributed by atoms with Gasteiger partial charge < -0.3 is 4.90 Å². The minimum atomic E-state index is 0.708. The Bertz CT molecular complexity index is 475. The molecule has 0 bridgehead atoms. The van der Waals surface area contributed by atoms with E-state index >= 15 is 0 Å². The zero-order valence-electron chi connectivity index (χ0n) is 8.30. The molecule has 1 heterocycles. The minimum Gasteiger partial charge on any atom is -0.317 e. The molecule has 78 valence electrons. The molecule has 0 saturated carbocycles. The van der Waals surface area contributed by atoms with E-state index in [1.165, 1.54) is 11.3 Å². The van der Waals surface area contributed by atoms with Crippen molar-refractivity contribution in [2.45, 2.75) is 6.92 Å². The van der Waals surface area contributed by atoms with Gasteiger partial charge in [-0.2, -0.15) is 0 Å². The lowest BCUT2D eigenvalue weighted by Gasteiger charge is -2.18. The first-order valence-corrected chi connectivity index (χ1v) is 5.92. The molecule has 0 aliphatic heterocycles. The van der Waals surface area contributed by atoms with Crippen LogP contribution in [0.5, 0.6) is 0 Å². The predicted molar refractivity (Wildman–Crippen MR) is 66.4 cm³/mol. The minimum absolute atomic E-state index is 0.708. The number of hydrogen-bond acceptors (Lipinski definition) is 4. The van der Waals surface area contributed by atoms with Crippen molar-refractivity contribution in [3.05, 3.63) is 34.3 Å². The zero-order chi connectivity index (χ0) is 10.7. The summed E-state index contributed by atoms with van der Waals surface area (Å²) in [6, 6.07) is 10.2. The van der Waals surface area contributed by atoms with Crippen LogP contribution in [0.3, 0.4) is 0 Å². The van der Waals surface area contributed by atoms with Crippen LogP contribution in [0.2, 0.25) is 0 Å². The van der Waals surface area contributed by atoms with Crippen LogP contribution >= 0.6 is 23.6 Å². The molecule has 0 atom stereocenters. The highest BCUT2D eigenvalue weighted by atomic mass is 32.1. The van der Waals surface area contributed by atoms with E-state index in [1.807, 2.05) is 18.2 Å². The molecule has 1 aromatic carbocycles. The van der Waals surface area contributed by atoms with Gasteiger partial charge in [-0.3, -0.25) is 5.10 Å². The third-order valence-corrected chi connectivity index (χ3v) is 3.15. The van der Waals surface area contributed by atoms with E-state index in [0.717, 1.165) is 17.4 Å². The first-order valence-electron chi connectivity index (χ1n) is 4.69. The monoisotopic (exact) mass is 237 g/mol. The van der Waals surface area contributed by atoms with Gasteiger partial charge in [-0.05, 0) is 31.3 Å². The lowest BCUT2D eigenvalue weighted by molar-refractivity contribution is 0.968. The molecule has 0 saturated heterocycles. The number of para-hydroxylation sites is 1. The SMILES string of the molecule is CCN(c1ccccc1)c1n[nH]c(=S)s1. The topological polar surface area (TPSA) is 31.9 Å². The number of aromatic nitrogens is 2. The summed E-state index contributed by atoms with van der Waals surface area (Å²) >= 11 is 6.51. The average molecular weight is 237 g/mol. The Morgan fingerprint density at radius 2 is 2.13 bits per heavy atom. The summed E-state index contributed by atoms with van der Waals surface area (Å²) in [4.78, 5) is 2.12. The van der Waals surface area contributed by atoms with E-state index in [2.05, 4.69) is 34.2 Å². The van der Waals surface area contributed by atoms with Crippen LogP contribution in [-0.4, -0.2) is 16.7 Å². The van der Waals surface area contributed by atoms with E-state index in [-0.39, 0.29) is 0 Å². The van der Waals surface area contributed by atoms with Crippen LogP contribution in [-0.2, 0) is 0 Å². The molecule has 0 fully saturated rings. The highest BCUT2D eigenvalue weighted by Crippen LogP contribution is 2.26. The Morgan fingerprint density at radius 1 is 1.40 bits per heavy atom. The molecule has 2 rings (SSSR count). The van der Waals surface area contributed by atoms with Crippen LogP contribution in [0, 0.1) is 3.95 Å². The van der Waals surface area contributed by atoms with Gasteiger partial charge in [0.25, 0.3) is 0 Å². The fourth-order valence-electron chi connectivity index (χ4n) is 1.37. The lowest BCUT2D eigenvalue weighted by Crippen LogP contribution is -2.15. The van der Waals surface area contributed by atoms with Crippen LogP contribution < -0.4 is 4.90 Å². The van der Waals surface area contributed by atoms with Gasteiger partial charge in [0, 0.05) is 12.2 Å². The molecule has 3 nitrogen and oxygen atoms in total. The van der Waals surface area contributed by atoms with Crippen molar-refractivity contribution in [3.63, 3.8) is 0 Å². The summed E-state index contributed by atoms with van der Waals surface area (Å²) in [5.74, 6) is 0. The Kier molecular flexibility index (Phi) is 3.13. The highest BCUT2D eigenvalue weighted by Gasteiger charge is 2.09. The second-order valence-electron chi connectivity index (χ2n) is 2.98. The molecule has 2 aromatic rings. The number of anilines is 2. The van der Waals surface area contributed by atoms with E-state index < -0.39 is 0 Å². The number of hydrogen-bond donors (Lipinski definition) is 1. The number of rotatable bonds is 3. The Hall–Kier alpha value is -1.20. The number of benzene rings is 1. The van der Waals surface area contributed by atoms with Crippen molar-refractivity contribution in [2.75, 3.05) is 11.4 Å². The second-order valence-corrected chi connectivity index (χ2v) is 4.62. The fourth-order valence-corrected chi connectivity index (χ4v) is 2.34. The smallest absolute Gasteiger partial charge is 0.211 e. The van der Waals surface area contributed by atoms with Gasteiger partial charge in [0.15, 0.2) is 3.95 Å². The maximum atomic E-state index is 5.02. The maximum absolute atomic E-state index is 5.02. The summed E-state index contributed by atoms with van der Waals surface area (Å²) < 4.78 is 0.708. The van der Waals surface area contributed by atoms with Gasteiger partial charge in [-0.25, -0.2) is 0 Å². The third kappa shape index (κ3) is 2.24. The number of H-pyrrole nitrogens is 1. The molecular formula is C10H11N3S2. The molecule has 0 aliphatic rings. The van der Waals surface area contributed by atoms with E-state index in [4.69, 9.17) is 12.2 Å². The molecule has 15 heavy (non-hydrogen) atoms. The van der Waals surface area contributed by atoms with Crippen molar-refractivity contribution in [1.29, 1.82) is 0 Å². The molecule has 0 radical (unpaired) electrons. The van der Waals surface area contributed by atoms with Gasteiger partial charge in [-0.15, -0.1) is 5.10 Å². The van der Waals surface area contributed by atoms with E-state index in [0.29, 0.717) is 3.95 Å². The Labute approximate surface area is 97.4 Å². The van der Waals surface area contributed by atoms with Crippen LogP contribution in [0.4, 0.5) is 10.8 Å². The lowest BCUT2D eigenvalue weighted by atomic mass is 10.3. The fraction of sp³-hybridized carbons (Fsp3) is 0.200. The second kappa shape index (κ2) is 4.55. The third-order valence-electron chi connectivity index (χ3n) is 2.04. The van der Waals surface area contributed by atoms with Gasteiger partial charge in [0.1, 0.15) is 0 Å². The van der Waals surface area contributed by atoms with Crippen LogP contribution in [0.1, 0.15) is 6.92 Å². The van der Waals surface area contributed by atoms with Gasteiger partial charge in [0.2, 0.25) is 5.13 Å². The normalized spacial score (nSPS) is 10.2. The summed E-state index contributed by atoms with van der Waals surface area (Å²) in [6.07, 6.45) is 0. The molecule has 5 heteroatoms. The molecular weight excluding hydrogens is 226 g/mol. The van der Waals surface area contributed by atoms with Crippen LogP contribution in [0.15, 0.2) is 30.3 Å². The predicted octanol–water partition coefficient (Wildman–Crippen LogP) is 3.36. The summed E-state index contributed by atoms with van der Waals surface area (Å²) in [5.41, 5.74) is 1.14. The van der Waals surface area contributed by atoms with E-state index in [1.54, 1.807) is 0 Å². The Balaban J connectivity index is 2.37. The van der Waals surface area contributed by atoms with Crippen molar-refractivity contribution in [2.24, 2.45) is 0 Å². The van der Waals surface area contributed by atoms with Gasteiger partial charge >= 0.3 is 0 Å². The van der Waals surface area contributed by atoms with Crippen molar-refractivity contribution < 1.29 is 0 Å². The summed E-state index contributed by atoms with van der Waals surface area (Å²) in [5, 5.41) is 7.88. The van der Waals surface area contributed by atoms with E-state index in [9.17, 15) is 0 Å². The molecule has 1 aromatic heterocycles. The number of nitrogens with zero attached hydrogens (tertiary/aromatic N) is 2. The Morgan fingerprint density at radius 3 is 2.67 bits per heavy atom. The first-order chi connectivity index (χ1) is 7.31. The number of nitrogens with one attached hydrogen (secondary N) is 1. The van der Waals surface area contributed by atoms with Crippen molar-refractivity contribution in [3.8, 4) is 0 Å². The molecule has 0 spiro atoms. The standard InChI is InChI=1S/C10H11N3S2/c1-2-13(8-6-4-3-5-7-8)9-11-12-10(14)15-9/h3-7H,2H2,1H3,(H,12,14). The quantitative estimate of drug-likeness (QED) is 0.831. The highest BCUT2D eigenvalue weighted by molar-refractivity contribution is 7.73. The average Bonchev–Trinajstić information content (AvgIpc) is 2.68. The summed E-state index contributed by atoms with van der Waals surface area (Å²) in [7, 11) is 0. The molecule has 1 N–H and O–H groups in total. The van der Waals surface area contributed by atoms with Gasteiger partial charge in [0.05, 0.1) is 0 Å².